The van der Waals surface area contributed by atoms with Gasteiger partial charge in [-0.25, -0.2) is 4.98 Å². The third-order valence-electron chi connectivity index (χ3n) is 6.09. The fraction of sp³-hybridized carbons (Fsp3) is 0.346. The lowest BCUT2D eigenvalue weighted by Gasteiger charge is -2.28. The van der Waals surface area contributed by atoms with E-state index < -0.39 is 0 Å². The number of nitrogens with one attached hydrogen (secondary N) is 1. The molecule has 1 N–H and O–H groups in total. The van der Waals surface area contributed by atoms with Gasteiger partial charge in [0.05, 0.1) is 17.3 Å². The van der Waals surface area contributed by atoms with Crippen molar-refractivity contribution >= 4 is 5.91 Å². The smallest absolute Gasteiger partial charge is 0.258 e. The van der Waals surface area contributed by atoms with Crippen molar-refractivity contribution in [3.8, 4) is 0 Å². The topological polar surface area (TPSA) is 67.2 Å². The van der Waals surface area contributed by atoms with Crippen LogP contribution in [0.3, 0.4) is 0 Å². The zero-order valence-corrected chi connectivity index (χ0v) is 19.0. The van der Waals surface area contributed by atoms with Crippen LogP contribution in [0.1, 0.15) is 46.7 Å². The van der Waals surface area contributed by atoms with Crippen molar-refractivity contribution in [2.45, 2.75) is 52.9 Å². The average Bonchev–Trinajstić information content (AvgIpc) is 2.78. The molecule has 4 rings (SSSR count). The highest BCUT2D eigenvalue weighted by atomic mass is 16.2. The lowest BCUT2D eigenvalue weighted by molar-refractivity contribution is -0.122. The molecule has 0 aliphatic carbocycles. The molecule has 6 nitrogen and oxygen atoms in total. The molecular weight excluding hydrogens is 400 g/mol. The Morgan fingerprint density at radius 1 is 1.09 bits per heavy atom. The summed E-state index contributed by atoms with van der Waals surface area (Å²) in [5.74, 6) is 0.394. The molecule has 6 heteroatoms. The Morgan fingerprint density at radius 3 is 2.53 bits per heavy atom. The van der Waals surface area contributed by atoms with Crippen LogP contribution in [0.5, 0.6) is 0 Å². The maximum atomic E-state index is 13.3. The molecular formula is C26H30N4O2. The Morgan fingerprint density at radius 2 is 1.81 bits per heavy atom. The summed E-state index contributed by atoms with van der Waals surface area (Å²) in [7, 11) is 0. The first kappa shape index (κ1) is 22.0. The third kappa shape index (κ3) is 4.97. The molecule has 0 bridgehead atoms. The maximum Gasteiger partial charge on any atom is 0.258 e. The Bertz CT molecular complexity index is 1150. The van der Waals surface area contributed by atoms with Crippen LogP contribution in [-0.2, 0) is 30.8 Å². The Labute approximate surface area is 188 Å². The predicted octanol–water partition coefficient (Wildman–Crippen LogP) is 3.30. The SMILES string of the molecule is Cc1ccc([C@@H](C)NC(=O)Cn2c(C)nc3c(c2=O)CN(Cc2ccccc2)CC3)cc1. The van der Waals surface area contributed by atoms with E-state index in [0.29, 0.717) is 17.9 Å². The fourth-order valence-electron chi connectivity index (χ4n) is 4.22. The summed E-state index contributed by atoms with van der Waals surface area (Å²) in [6, 6.07) is 18.2. The highest BCUT2D eigenvalue weighted by molar-refractivity contribution is 5.76. The van der Waals surface area contributed by atoms with Gasteiger partial charge in [-0.05, 0) is 31.9 Å². The summed E-state index contributed by atoms with van der Waals surface area (Å²) in [6.07, 6.45) is 0.746. The van der Waals surface area contributed by atoms with Crippen LogP contribution >= 0.6 is 0 Å². The fourth-order valence-corrected chi connectivity index (χ4v) is 4.22. The highest BCUT2D eigenvalue weighted by Crippen LogP contribution is 2.17. The molecule has 1 aliphatic heterocycles. The minimum Gasteiger partial charge on any atom is -0.348 e. The molecule has 1 atom stereocenters. The summed E-state index contributed by atoms with van der Waals surface area (Å²) in [4.78, 5) is 32.9. The van der Waals surface area contributed by atoms with E-state index >= 15 is 0 Å². The zero-order valence-electron chi connectivity index (χ0n) is 19.0. The van der Waals surface area contributed by atoms with Crippen LogP contribution in [0.25, 0.3) is 0 Å². The molecule has 0 saturated carbocycles. The summed E-state index contributed by atoms with van der Waals surface area (Å²) in [5.41, 5.74) is 4.90. The van der Waals surface area contributed by atoms with E-state index in [1.54, 1.807) is 6.92 Å². The number of aryl methyl sites for hydroxylation is 2. The average molecular weight is 431 g/mol. The molecule has 1 aromatic heterocycles. The van der Waals surface area contributed by atoms with Crippen LogP contribution in [0.4, 0.5) is 0 Å². The third-order valence-corrected chi connectivity index (χ3v) is 6.09. The van der Waals surface area contributed by atoms with E-state index in [1.165, 1.54) is 15.7 Å². The molecule has 0 radical (unpaired) electrons. The monoisotopic (exact) mass is 430 g/mol. The molecule has 1 aliphatic rings. The second-order valence-electron chi connectivity index (χ2n) is 8.62. The lowest BCUT2D eigenvalue weighted by atomic mass is 10.1. The van der Waals surface area contributed by atoms with Crippen molar-refractivity contribution in [2.24, 2.45) is 0 Å². The second-order valence-corrected chi connectivity index (χ2v) is 8.62. The van der Waals surface area contributed by atoms with Crippen molar-refractivity contribution < 1.29 is 4.79 Å². The van der Waals surface area contributed by atoms with E-state index in [2.05, 4.69) is 27.3 Å². The molecule has 0 spiro atoms. The number of benzene rings is 2. The van der Waals surface area contributed by atoms with Gasteiger partial charge in [-0.3, -0.25) is 19.1 Å². The summed E-state index contributed by atoms with van der Waals surface area (Å²) < 4.78 is 1.50. The number of hydrogen-bond donors (Lipinski definition) is 1. The van der Waals surface area contributed by atoms with Crippen molar-refractivity contribution in [3.63, 3.8) is 0 Å². The molecule has 166 valence electrons. The molecule has 1 amide bonds. The quantitative estimate of drug-likeness (QED) is 0.652. The predicted molar refractivity (Wildman–Crippen MR) is 125 cm³/mol. The van der Waals surface area contributed by atoms with Gasteiger partial charge in [0.1, 0.15) is 12.4 Å². The van der Waals surface area contributed by atoms with Gasteiger partial charge in [0.2, 0.25) is 5.91 Å². The van der Waals surface area contributed by atoms with E-state index in [9.17, 15) is 9.59 Å². The summed E-state index contributed by atoms with van der Waals surface area (Å²) in [6.45, 7) is 7.97. The number of rotatable bonds is 6. The zero-order chi connectivity index (χ0) is 22.7. The first-order valence-electron chi connectivity index (χ1n) is 11.1. The van der Waals surface area contributed by atoms with E-state index in [4.69, 9.17) is 0 Å². The minimum atomic E-state index is -0.193. The van der Waals surface area contributed by atoms with Gasteiger partial charge >= 0.3 is 0 Å². The van der Waals surface area contributed by atoms with Crippen LogP contribution < -0.4 is 10.9 Å². The van der Waals surface area contributed by atoms with Crippen molar-refractivity contribution in [3.05, 3.63) is 98.7 Å². The number of hydrogen-bond acceptors (Lipinski definition) is 4. The van der Waals surface area contributed by atoms with E-state index in [0.717, 1.165) is 30.8 Å². The Kier molecular flexibility index (Phi) is 6.51. The van der Waals surface area contributed by atoms with Gasteiger partial charge in [-0.1, -0.05) is 60.2 Å². The molecule has 0 fully saturated rings. The largest absolute Gasteiger partial charge is 0.348 e. The number of amides is 1. The second kappa shape index (κ2) is 9.49. The lowest BCUT2D eigenvalue weighted by Crippen LogP contribution is -2.41. The first-order valence-corrected chi connectivity index (χ1v) is 11.1. The van der Waals surface area contributed by atoms with Gasteiger partial charge in [0.15, 0.2) is 0 Å². The van der Waals surface area contributed by atoms with Crippen LogP contribution in [0.15, 0.2) is 59.4 Å². The number of fused-ring (bicyclic) bond motifs is 1. The Balaban J connectivity index is 1.48. The van der Waals surface area contributed by atoms with Crippen molar-refractivity contribution in [1.82, 2.24) is 19.8 Å². The van der Waals surface area contributed by atoms with Crippen LogP contribution in [0, 0.1) is 13.8 Å². The number of nitrogens with zero attached hydrogens (tertiary/aromatic N) is 3. The van der Waals surface area contributed by atoms with Gasteiger partial charge in [0, 0.05) is 26.1 Å². The summed E-state index contributed by atoms with van der Waals surface area (Å²) in [5, 5.41) is 3.00. The minimum absolute atomic E-state index is 0.0279. The van der Waals surface area contributed by atoms with Gasteiger partial charge in [-0.2, -0.15) is 0 Å². The maximum absolute atomic E-state index is 13.3. The Hall–Kier alpha value is -3.25. The van der Waals surface area contributed by atoms with Crippen molar-refractivity contribution in [2.75, 3.05) is 6.54 Å². The normalized spacial score (nSPS) is 14.6. The first-order chi connectivity index (χ1) is 15.4. The summed E-state index contributed by atoms with van der Waals surface area (Å²) >= 11 is 0. The van der Waals surface area contributed by atoms with Crippen LogP contribution in [-0.4, -0.2) is 26.9 Å². The molecule has 2 aromatic carbocycles. The molecule has 0 saturated heterocycles. The number of aromatic nitrogens is 2. The van der Waals surface area contributed by atoms with Crippen LogP contribution in [0.2, 0.25) is 0 Å². The number of carbonyl (C=O) groups is 1. The molecule has 3 aromatic rings. The number of carbonyl (C=O) groups excluding carboxylic acids is 1. The van der Waals surface area contributed by atoms with Gasteiger partial charge < -0.3 is 5.32 Å². The van der Waals surface area contributed by atoms with E-state index in [1.807, 2.05) is 56.3 Å². The molecule has 32 heavy (non-hydrogen) atoms. The highest BCUT2D eigenvalue weighted by Gasteiger charge is 2.23. The standard InChI is InChI=1S/C26H30N4O2/c1-18-9-11-22(12-10-18)19(2)27-25(31)17-30-20(3)28-24-13-14-29(16-23(24)26(30)32)15-21-7-5-4-6-8-21/h4-12,19H,13-17H2,1-3H3,(H,27,31)/t19-/m1/s1. The van der Waals surface area contributed by atoms with E-state index in [-0.39, 0.29) is 24.1 Å². The van der Waals surface area contributed by atoms with Gasteiger partial charge in [-0.15, -0.1) is 0 Å². The van der Waals surface area contributed by atoms with Crippen molar-refractivity contribution in [1.29, 1.82) is 0 Å². The van der Waals surface area contributed by atoms with Gasteiger partial charge in [0.25, 0.3) is 5.56 Å². The molecule has 2 heterocycles. The molecule has 0 unspecified atom stereocenters.